The monoisotopic (exact) mass is 589 g/mol. The van der Waals surface area contributed by atoms with Crippen molar-refractivity contribution in [3.8, 4) is 0 Å². The zero-order chi connectivity index (χ0) is 27.9. The van der Waals surface area contributed by atoms with Crippen LogP contribution in [-0.2, 0) is 39.0 Å². The Morgan fingerprint density at radius 3 is 2.51 bits per heavy atom. The number of nitrogens with one attached hydrogen (secondary N) is 1. The van der Waals surface area contributed by atoms with E-state index in [2.05, 4.69) is 10.3 Å². The minimum absolute atomic E-state index is 0.0292. The van der Waals surface area contributed by atoms with E-state index in [0.717, 1.165) is 64.5 Å². The number of aryl methyl sites for hydroxylation is 2. The maximum Gasteiger partial charge on any atom is 0.341 e. The summed E-state index contributed by atoms with van der Waals surface area (Å²) >= 11 is 3.92. The first kappa shape index (κ1) is 29.0. The number of rotatable bonds is 9. The predicted molar refractivity (Wildman–Crippen MR) is 155 cm³/mol. The molecule has 0 saturated carbocycles. The Morgan fingerprint density at radius 2 is 1.74 bits per heavy atom. The Hall–Kier alpha value is -2.96. The molecular formula is C27H31N3O6S3. The molecule has 9 nitrogen and oxygen atoms in total. The molecule has 0 atom stereocenters. The van der Waals surface area contributed by atoms with E-state index in [1.54, 1.807) is 43.7 Å². The first-order chi connectivity index (χ1) is 18.8. The number of thioether (sulfide) groups is 1. The lowest BCUT2D eigenvalue weighted by atomic mass is 10.1. The van der Waals surface area contributed by atoms with Gasteiger partial charge in [-0.25, -0.2) is 9.59 Å². The summed E-state index contributed by atoms with van der Waals surface area (Å²) in [6.45, 7) is 4.08. The van der Waals surface area contributed by atoms with E-state index in [9.17, 15) is 19.2 Å². The number of anilines is 1. The first-order valence-corrected chi connectivity index (χ1v) is 15.6. The van der Waals surface area contributed by atoms with Crippen LogP contribution in [0.15, 0.2) is 23.2 Å². The summed E-state index contributed by atoms with van der Waals surface area (Å²) in [6, 6.07) is 5.22. The van der Waals surface area contributed by atoms with E-state index >= 15 is 0 Å². The third-order valence-electron chi connectivity index (χ3n) is 6.15. The van der Waals surface area contributed by atoms with Gasteiger partial charge in [-0.3, -0.25) is 9.59 Å². The van der Waals surface area contributed by atoms with Gasteiger partial charge in [-0.1, -0.05) is 17.8 Å². The van der Waals surface area contributed by atoms with Gasteiger partial charge >= 0.3 is 11.9 Å². The number of esters is 2. The normalized spacial score (nSPS) is 13.6. The van der Waals surface area contributed by atoms with Crippen LogP contribution in [0.2, 0.25) is 0 Å². The van der Waals surface area contributed by atoms with Gasteiger partial charge < -0.3 is 19.4 Å². The summed E-state index contributed by atoms with van der Waals surface area (Å²) in [5.74, 6) is -1.37. The van der Waals surface area contributed by atoms with Gasteiger partial charge in [0.25, 0.3) is 5.91 Å². The smallest absolute Gasteiger partial charge is 0.341 e. The van der Waals surface area contributed by atoms with Crippen LogP contribution in [0.4, 0.5) is 5.00 Å². The number of carbonyl (C=O) groups is 4. The van der Waals surface area contributed by atoms with Crippen molar-refractivity contribution in [1.29, 1.82) is 0 Å². The van der Waals surface area contributed by atoms with Gasteiger partial charge in [0.1, 0.15) is 5.00 Å². The fraction of sp³-hybridized carbons (Fsp3) is 0.444. The third kappa shape index (κ3) is 6.98. The Labute approximate surface area is 238 Å². The van der Waals surface area contributed by atoms with Crippen molar-refractivity contribution in [1.82, 2.24) is 4.57 Å². The fourth-order valence-corrected chi connectivity index (χ4v) is 7.33. The highest BCUT2D eigenvalue weighted by Crippen LogP contribution is 2.38. The van der Waals surface area contributed by atoms with Gasteiger partial charge in [-0.15, -0.1) is 23.1 Å². The second-order valence-corrected chi connectivity index (χ2v) is 12.0. The average molecular weight is 590 g/mol. The van der Waals surface area contributed by atoms with Gasteiger partial charge in [0, 0.05) is 11.9 Å². The molecule has 3 aromatic rings. The van der Waals surface area contributed by atoms with Gasteiger partial charge in [-0.05, 0) is 63.3 Å². The summed E-state index contributed by atoms with van der Waals surface area (Å²) in [4.78, 5) is 55.8. The Balaban J connectivity index is 1.39. The molecule has 1 aromatic carbocycles. The third-order valence-corrected chi connectivity index (χ3v) is 9.37. The lowest BCUT2D eigenvalue weighted by molar-refractivity contribution is -0.115. The molecule has 1 aliphatic rings. The Kier molecular flexibility index (Phi) is 9.98. The van der Waals surface area contributed by atoms with Crippen LogP contribution in [0.1, 0.15) is 64.3 Å². The zero-order valence-electron chi connectivity index (χ0n) is 22.2. The van der Waals surface area contributed by atoms with E-state index in [1.807, 2.05) is 0 Å². The lowest BCUT2D eigenvalue weighted by Gasteiger charge is -2.08. The van der Waals surface area contributed by atoms with Crippen LogP contribution in [0.5, 0.6) is 0 Å². The number of amides is 2. The summed E-state index contributed by atoms with van der Waals surface area (Å²) < 4.78 is 12.9. The van der Waals surface area contributed by atoms with Crippen LogP contribution in [0.25, 0.3) is 10.2 Å². The van der Waals surface area contributed by atoms with Crippen molar-refractivity contribution < 1.29 is 28.7 Å². The number of nitrogens with zero attached hydrogens (tertiary/aromatic N) is 2. The highest BCUT2D eigenvalue weighted by molar-refractivity contribution is 8.00. The number of carbonyl (C=O) groups excluding carboxylic acids is 4. The summed E-state index contributed by atoms with van der Waals surface area (Å²) in [6.07, 6.45) is 4.89. The lowest BCUT2D eigenvalue weighted by Crippen LogP contribution is -2.18. The molecule has 0 spiro atoms. The molecule has 0 saturated heterocycles. The molecule has 0 bridgehead atoms. The van der Waals surface area contributed by atoms with Crippen LogP contribution in [0, 0.1) is 0 Å². The molecule has 0 fully saturated rings. The molecule has 0 aliphatic heterocycles. The van der Waals surface area contributed by atoms with Crippen LogP contribution in [0.3, 0.4) is 0 Å². The minimum Gasteiger partial charge on any atom is -0.462 e. The van der Waals surface area contributed by atoms with Crippen molar-refractivity contribution in [2.24, 2.45) is 12.0 Å². The number of aromatic nitrogens is 1. The molecule has 1 N–H and O–H groups in total. The summed E-state index contributed by atoms with van der Waals surface area (Å²) in [5.41, 5.74) is 2.77. The highest BCUT2D eigenvalue weighted by atomic mass is 32.2. The number of fused-ring (bicyclic) bond motifs is 2. The quantitative estimate of drug-likeness (QED) is 0.284. The van der Waals surface area contributed by atoms with Crippen molar-refractivity contribution in [2.45, 2.75) is 46.0 Å². The SMILES string of the molecule is CCOC(=O)c1ccc2c(c1)sc(=NC(=O)CSCC(=O)Nc1sc3c(c1C(=O)OCC)CCCCC3)n2C. The van der Waals surface area contributed by atoms with Crippen molar-refractivity contribution >= 4 is 73.4 Å². The molecule has 2 heterocycles. The van der Waals surface area contributed by atoms with Crippen molar-refractivity contribution in [3.05, 3.63) is 44.6 Å². The molecule has 39 heavy (non-hydrogen) atoms. The predicted octanol–water partition coefficient (Wildman–Crippen LogP) is 4.72. The molecule has 0 radical (unpaired) electrons. The second kappa shape index (κ2) is 13.4. The zero-order valence-corrected chi connectivity index (χ0v) is 24.6. The highest BCUT2D eigenvalue weighted by Gasteiger charge is 2.26. The van der Waals surface area contributed by atoms with E-state index in [1.165, 1.54) is 22.7 Å². The van der Waals surface area contributed by atoms with E-state index in [0.29, 0.717) is 27.5 Å². The van der Waals surface area contributed by atoms with Crippen LogP contribution >= 0.6 is 34.4 Å². The first-order valence-electron chi connectivity index (χ1n) is 12.9. The van der Waals surface area contributed by atoms with Gasteiger partial charge in [-0.2, -0.15) is 4.99 Å². The van der Waals surface area contributed by atoms with Crippen LogP contribution in [-0.4, -0.2) is 53.0 Å². The molecule has 4 rings (SSSR count). The number of thiophene rings is 1. The maximum absolute atomic E-state index is 12.7. The standard InChI is InChI=1S/C27H31N3O6S3/c1-4-35-25(33)16-11-12-18-20(13-16)39-27(30(18)3)29-22(32)15-37-14-21(31)28-24-23(26(34)36-5-2)17-9-7-6-8-10-19(17)38-24/h11-13H,4-10,14-15H2,1-3H3,(H,28,31). The number of hydrogen-bond acceptors (Lipinski definition) is 9. The Bertz CT molecular complexity index is 1470. The summed E-state index contributed by atoms with van der Waals surface area (Å²) in [5, 5.41) is 3.41. The van der Waals surface area contributed by atoms with E-state index < -0.39 is 11.9 Å². The molecule has 208 valence electrons. The Morgan fingerprint density at radius 1 is 1.00 bits per heavy atom. The van der Waals surface area contributed by atoms with Crippen molar-refractivity contribution in [3.63, 3.8) is 0 Å². The molecule has 0 unspecified atom stereocenters. The molecule has 2 aromatic heterocycles. The number of hydrogen-bond donors (Lipinski definition) is 1. The largest absolute Gasteiger partial charge is 0.462 e. The topological polar surface area (TPSA) is 116 Å². The second-order valence-electron chi connectivity index (χ2n) is 8.88. The van der Waals surface area contributed by atoms with Gasteiger partial charge in [0.2, 0.25) is 5.91 Å². The number of thiazole rings is 1. The van der Waals surface area contributed by atoms with E-state index in [-0.39, 0.29) is 29.9 Å². The number of ether oxygens (including phenoxy) is 2. The minimum atomic E-state index is -0.403. The molecule has 12 heteroatoms. The average Bonchev–Trinajstić information content (AvgIpc) is 3.29. The molecule has 2 amide bonds. The van der Waals surface area contributed by atoms with Gasteiger partial charge in [0.15, 0.2) is 4.80 Å². The van der Waals surface area contributed by atoms with E-state index in [4.69, 9.17) is 9.47 Å². The molecular weight excluding hydrogens is 559 g/mol. The molecule has 1 aliphatic carbocycles. The maximum atomic E-state index is 12.7. The van der Waals surface area contributed by atoms with Crippen molar-refractivity contribution in [2.75, 3.05) is 30.0 Å². The fourth-order valence-electron chi connectivity index (χ4n) is 4.36. The summed E-state index contributed by atoms with van der Waals surface area (Å²) in [7, 11) is 1.80. The van der Waals surface area contributed by atoms with Gasteiger partial charge in [0.05, 0.1) is 46.1 Å². The van der Waals surface area contributed by atoms with Crippen LogP contribution < -0.4 is 10.1 Å². The number of benzene rings is 1.